The molecule has 0 rings (SSSR count). The van der Waals surface area contributed by atoms with Crippen molar-refractivity contribution in [1.82, 2.24) is 0 Å². The molecular weight excluding hydrogens is 209 g/mol. The molecule has 0 aliphatic heterocycles. The maximum Gasteiger partial charge on any atom is 0.0473 e. The Morgan fingerprint density at radius 3 is 1.38 bits per heavy atom. The van der Waals surface area contributed by atoms with Crippen molar-refractivity contribution in [1.29, 1.82) is 0 Å². The third-order valence-electron chi connectivity index (χ3n) is 1.83. The predicted molar refractivity (Wildman–Crippen MR) is 59.2 cm³/mol. The molecule has 0 amide bonds. The van der Waals surface area contributed by atoms with E-state index in [4.69, 9.17) is 5.11 Å². The van der Waals surface area contributed by atoms with Crippen LogP contribution < -0.4 is 0 Å². The van der Waals surface area contributed by atoms with E-state index in [1.54, 1.807) is 0 Å². The quantitative estimate of drug-likeness (QED) is 0.724. The van der Waals surface area contributed by atoms with Crippen molar-refractivity contribution >= 4 is 8.80 Å². The van der Waals surface area contributed by atoms with E-state index in [9.17, 15) is 0 Å². The summed E-state index contributed by atoms with van der Waals surface area (Å²) < 4.78 is 0. The van der Waals surface area contributed by atoms with Crippen LogP contribution in [0.3, 0.4) is 0 Å². The van der Waals surface area contributed by atoms with Gasteiger partial charge >= 0.3 is 0 Å². The van der Waals surface area contributed by atoms with Gasteiger partial charge in [0.05, 0.1) is 0 Å². The number of hydrogen-bond donors (Lipinski definition) is 1. The number of hydrogen-bond acceptors (Lipinski definition) is 1. The fourth-order valence-electron chi connectivity index (χ4n) is 0.957. The van der Waals surface area contributed by atoms with Gasteiger partial charge in [-0.3, -0.25) is 0 Å². The second kappa shape index (κ2) is 18.8. The summed E-state index contributed by atoms with van der Waals surface area (Å²) >= 11 is 0. The molecule has 2 radical (unpaired) electrons. The Kier molecular flexibility index (Phi) is 28.3. The first-order valence-corrected chi connectivity index (χ1v) is 7.33. The Bertz CT molecular complexity index is 65.9. The molecule has 0 aliphatic carbocycles. The molecule has 0 saturated heterocycles. The summed E-state index contributed by atoms with van der Waals surface area (Å²) in [5.74, 6) is 0. The first-order valence-electron chi connectivity index (χ1n) is 5.21. The summed E-state index contributed by atoms with van der Waals surface area (Å²) in [7, 11) is 0.126. The van der Waals surface area contributed by atoms with Crippen LogP contribution in [0.15, 0.2) is 0 Å². The van der Waals surface area contributed by atoms with Gasteiger partial charge in [-0.1, -0.05) is 52.2 Å². The molecule has 0 aromatic rings. The second-order valence-corrected chi connectivity index (χ2v) is 6.34. The number of rotatable bonds is 5. The van der Waals surface area contributed by atoms with Crippen molar-refractivity contribution in [2.75, 3.05) is 6.61 Å². The summed E-state index contributed by atoms with van der Waals surface area (Å²) in [5.41, 5.74) is 0. The number of aliphatic hydroxyl groups is 1. The molecule has 0 bridgehead atoms. The topological polar surface area (TPSA) is 20.2 Å². The molecular formula is C10H25OScSi. The van der Waals surface area contributed by atoms with E-state index in [0.717, 1.165) is 6.42 Å². The molecule has 3 heteroatoms. The SMILES string of the molecule is CCCO.CCC[Si](CC)CC.[Sc]. The van der Waals surface area contributed by atoms with Crippen LogP contribution in [0, 0.1) is 0 Å². The Morgan fingerprint density at radius 2 is 1.31 bits per heavy atom. The van der Waals surface area contributed by atoms with Gasteiger partial charge in [-0.05, 0) is 6.42 Å². The molecule has 0 spiro atoms. The Hall–Kier alpha value is 1.05. The zero-order chi connectivity index (χ0) is 9.82. The van der Waals surface area contributed by atoms with E-state index in [2.05, 4.69) is 20.8 Å². The van der Waals surface area contributed by atoms with E-state index >= 15 is 0 Å². The van der Waals surface area contributed by atoms with Gasteiger partial charge in [0.25, 0.3) is 0 Å². The van der Waals surface area contributed by atoms with Gasteiger partial charge in [-0.25, -0.2) is 0 Å². The fourth-order valence-corrected chi connectivity index (χ4v) is 2.87. The van der Waals surface area contributed by atoms with Gasteiger partial charge in [-0.2, -0.15) is 0 Å². The minimum Gasteiger partial charge on any atom is -0.396 e. The van der Waals surface area contributed by atoms with E-state index in [0.29, 0.717) is 6.61 Å². The van der Waals surface area contributed by atoms with Crippen LogP contribution in [0.5, 0.6) is 0 Å². The molecule has 0 heterocycles. The van der Waals surface area contributed by atoms with Crippen molar-refractivity contribution in [3.63, 3.8) is 0 Å². The average Bonchev–Trinajstić information content (AvgIpc) is 2.14. The van der Waals surface area contributed by atoms with Crippen molar-refractivity contribution in [2.24, 2.45) is 0 Å². The van der Waals surface area contributed by atoms with E-state index in [1.807, 2.05) is 6.92 Å². The minimum atomic E-state index is 0. The molecule has 0 aromatic carbocycles. The van der Waals surface area contributed by atoms with Crippen LogP contribution in [0.4, 0.5) is 0 Å². The molecule has 0 aromatic heterocycles. The summed E-state index contributed by atoms with van der Waals surface area (Å²) in [6.45, 7) is 9.19. The normalized spacial score (nSPS) is 8.77. The zero-order valence-corrected chi connectivity index (χ0v) is 12.6. The number of aliphatic hydroxyl groups excluding tert-OH is 1. The van der Waals surface area contributed by atoms with Crippen molar-refractivity contribution in [3.05, 3.63) is 0 Å². The summed E-state index contributed by atoms with van der Waals surface area (Å²) in [4.78, 5) is 0. The van der Waals surface area contributed by atoms with E-state index in [1.165, 1.54) is 24.6 Å². The molecule has 1 nitrogen and oxygen atoms in total. The van der Waals surface area contributed by atoms with Gasteiger partial charge in [0, 0.05) is 41.2 Å². The molecule has 13 heavy (non-hydrogen) atoms. The van der Waals surface area contributed by atoms with Crippen molar-refractivity contribution < 1.29 is 30.9 Å². The standard InChI is InChI=1S/C7H17Si.C3H8O.Sc/c1-4-7-8(5-2)6-3;1-2-3-4;/h4-7H2,1-3H3;4H,2-3H2,1H3;. The molecule has 0 fully saturated rings. The maximum absolute atomic E-state index is 7.88. The predicted octanol–water partition coefficient (Wildman–Crippen LogP) is 3.32. The van der Waals surface area contributed by atoms with Crippen LogP contribution >= 0.6 is 0 Å². The third-order valence-corrected chi connectivity index (χ3v) is 5.03. The third kappa shape index (κ3) is 19.5. The van der Waals surface area contributed by atoms with Crippen molar-refractivity contribution in [2.45, 2.75) is 58.7 Å². The van der Waals surface area contributed by atoms with Gasteiger partial charge in [0.2, 0.25) is 0 Å². The fraction of sp³-hybridized carbons (Fsp3) is 1.00. The van der Waals surface area contributed by atoms with Gasteiger partial charge in [0.15, 0.2) is 0 Å². The maximum atomic E-state index is 7.88. The molecule has 78 valence electrons. The molecule has 1 N–H and O–H groups in total. The van der Waals surface area contributed by atoms with Crippen LogP contribution in [0.2, 0.25) is 18.1 Å². The van der Waals surface area contributed by atoms with Crippen LogP contribution in [0.25, 0.3) is 0 Å². The second-order valence-electron chi connectivity index (χ2n) is 2.93. The largest absolute Gasteiger partial charge is 0.396 e. The zero-order valence-electron chi connectivity index (χ0n) is 9.77. The van der Waals surface area contributed by atoms with Crippen molar-refractivity contribution in [3.8, 4) is 0 Å². The van der Waals surface area contributed by atoms with Gasteiger partial charge in [0.1, 0.15) is 0 Å². The van der Waals surface area contributed by atoms with Crippen LogP contribution in [-0.4, -0.2) is 20.5 Å². The summed E-state index contributed by atoms with van der Waals surface area (Å²) in [6.07, 6.45) is 2.27. The monoisotopic (exact) mass is 234 g/mol. The molecule has 0 unspecified atom stereocenters. The Morgan fingerprint density at radius 1 is 0.923 bits per heavy atom. The van der Waals surface area contributed by atoms with Crippen LogP contribution in [0.1, 0.15) is 40.5 Å². The van der Waals surface area contributed by atoms with Gasteiger partial charge in [-0.15, -0.1) is 0 Å². The summed E-state index contributed by atoms with van der Waals surface area (Å²) in [5, 5.41) is 7.88. The first kappa shape index (κ1) is 19.6. The Labute approximate surface area is 105 Å². The molecule has 0 aliphatic rings. The van der Waals surface area contributed by atoms with Gasteiger partial charge < -0.3 is 5.11 Å². The Balaban J connectivity index is -0.000000173. The average molecular weight is 234 g/mol. The minimum absolute atomic E-state index is 0. The van der Waals surface area contributed by atoms with E-state index in [-0.39, 0.29) is 34.6 Å². The van der Waals surface area contributed by atoms with Crippen LogP contribution in [-0.2, 0) is 25.8 Å². The smallest absolute Gasteiger partial charge is 0.0473 e. The molecule has 0 saturated carbocycles. The first-order chi connectivity index (χ1) is 5.76. The molecule has 0 atom stereocenters. The van der Waals surface area contributed by atoms with E-state index < -0.39 is 0 Å². The summed E-state index contributed by atoms with van der Waals surface area (Å²) in [6, 6.07) is 4.46.